The number of carbonyl (C=O) groups excluding carboxylic acids is 1. The second-order valence-corrected chi connectivity index (χ2v) is 6.26. The molecule has 1 amide bonds. The van der Waals surface area contributed by atoms with Crippen LogP contribution in [0.3, 0.4) is 0 Å². The number of hydrogen-bond donors (Lipinski definition) is 2. The van der Waals surface area contributed by atoms with Crippen molar-refractivity contribution in [3.05, 3.63) is 35.5 Å². The highest BCUT2D eigenvalue weighted by molar-refractivity contribution is 5.89. The molecular formula is C19H25N3O3. The van der Waals surface area contributed by atoms with Crippen LogP contribution in [0.25, 0.3) is 0 Å². The molecule has 6 nitrogen and oxygen atoms in total. The van der Waals surface area contributed by atoms with Crippen molar-refractivity contribution in [2.45, 2.75) is 45.4 Å². The van der Waals surface area contributed by atoms with Gasteiger partial charge in [0.25, 0.3) is 0 Å². The van der Waals surface area contributed by atoms with E-state index in [4.69, 9.17) is 9.47 Å². The number of ether oxygens (including phenoxy) is 2. The fourth-order valence-corrected chi connectivity index (χ4v) is 2.75. The normalized spacial score (nSPS) is 13.3. The van der Waals surface area contributed by atoms with Gasteiger partial charge in [-0.2, -0.15) is 5.10 Å². The molecule has 2 aromatic rings. The fourth-order valence-electron chi connectivity index (χ4n) is 2.75. The average molecular weight is 343 g/mol. The zero-order valence-corrected chi connectivity index (χ0v) is 14.6. The number of fused-ring (bicyclic) bond motifs is 1. The third kappa shape index (κ3) is 4.98. The topological polar surface area (TPSA) is 76.2 Å². The zero-order valence-electron chi connectivity index (χ0n) is 14.6. The predicted molar refractivity (Wildman–Crippen MR) is 96.2 cm³/mol. The summed E-state index contributed by atoms with van der Waals surface area (Å²) in [5.41, 5.74) is 2.12. The van der Waals surface area contributed by atoms with Crippen molar-refractivity contribution in [1.82, 2.24) is 10.2 Å². The van der Waals surface area contributed by atoms with Gasteiger partial charge in [-0.05, 0) is 37.0 Å². The first-order valence-corrected chi connectivity index (χ1v) is 8.97. The van der Waals surface area contributed by atoms with Gasteiger partial charge in [-0.3, -0.25) is 9.89 Å². The zero-order chi connectivity index (χ0) is 17.5. The lowest BCUT2D eigenvalue weighted by molar-refractivity contribution is -0.116. The lowest BCUT2D eigenvalue weighted by Gasteiger charge is -2.09. The Bertz CT molecular complexity index is 712. The molecule has 0 saturated heterocycles. The maximum atomic E-state index is 12.1. The van der Waals surface area contributed by atoms with Gasteiger partial charge in [0.1, 0.15) is 0 Å². The Morgan fingerprint density at radius 1 is 1.20 bits per heavy atom. The SMILES string of the molecule is CCCCc1cc(NC(=O)CCc2ccc3c(c2)OCCCO3)n[nH]1. The molecule has 0 fully saturated rings. The van der Waals surface area contributed by atoms with Crippen LogP contribution in [-0.2, 0) is 17.6 Å². The first kappa shape index (κ1) is 17.3. The van der Waals surface area contributed by atoms with Gasteiger partial charge in [0.2, 0.25) is 5.91 Å². The van der Waals surface area contributed by atoms with E-state index in [1.165, 1.54) is 0 Å². The van der Waals surface area contributed by atoms with E-state index in [0.717, 1.165) is 48.4 Å². The lowest BCUT2D eigenvalue weighted by Crippen LogP contribution is -2.12. The first-order valence-electron chi connectivity index (χ1n) is 8.97. The van der Waals surface area contributed by atoms with Crippen molar-refractivity contribution in [1.29, 1.82) is 0 Å². The van der Waals surface area contributed by atoms with E-state index >= 15 is 0 Å². The van der Waals surface area contributed by atoms with Gasteiger partial charge in [0, 0.05) is 24.6 Å². The Morgan fingerprint density at radius 3 is 2.88 bits per heavy atom. The third-order valence-electron chi connectivity index (χ3n) is 4.15. The van der Waals surface area contributed by atoms with Gasteiger partial charge in [0.15, 0.2) is 17.3 Å². The van der Waals surface area contributed by atoms with E-state index in [-0.39, 0.29) is 5.91 Å². The quantitative estimate of drug-likeness (QED) is 0.807. The van der Waals surface area contributed by atoms with Crippen LogP contribution in [0.2, 0.25) is 0 Å². The van der Waals surface area contributed by atoms with Crippen molar-refractivity contribution in [2.24, 2.45) is 0 Å². The van der Waals surface area contributed by atoms with Gasteiger partial charge < -0.3 is 14.8 Å². The molecular weight excluding hydrogens is 318 g/mol. The van der Waals surface area contributed by atoms with Crippen LogP contribution in [-0.4, -0.2) is 29.3 Å². The molecule has 1 aromatic carbocycles. The summed E-state index contributed by atoms with van der Waals surface area (Å²) in [4.78, 5) is 12.1. The molecule has 0 radical (unpaired) electrons. The van der Waals surface area contributed by atoms with Crippen LogP contribution >= 0.6 is 0 Å². The molecule has 1 aliphatic heterocycles. The summed E-state index contributed by atoms with van der Waals surface area (Å²) in [6, 6.07) is 7.77. The molecule has 0 spiro atoms. The third-order valence-corrected chi connectivity index (χ3v) is 4.15. The minimum atomic E-state index is -0.0411. The Hall–Kier alpha value is -2.50. The number of H-pyrrole nitrogens is 1. The summed E-state index contributed by atoms with van der Waals surface area (Å²) in [5.74, 6) is 2.10. The standard InChI is InChI=1S/C19H25N3O3/c1-2-3-5-15-13-18(22-21-15)20-19(23)9-7-14-6-8-16-17(12-14)25-11-4-10-24-16/h6,8,12-13H,2-5,7,9-11H2,1H3,(H2,20,21,22,23). The van der Waals surface area contributed by atoms with Crippen LogP contribution in [0.15, 0.2) is 24.3 Å². The minimum absolute atomic E-state index is 0.0411. The lowest BCUT2D eigenvalue weighted by atomic mass is 10.1. The largest absolute Gasteiger partial charge is 0.490 e. The van der Waals surface area contributed by atoms with Crippen LogP contribution in [0, 0.1) is 0 Å². The minimum Gasteiger partial charge on any atom is -0.490 e. The monoisotopic (exact) mass is 343 g/mol. The van der Waals surface area contributed by atoms with E-state index in [9.17, 15) is 4.79 Å². The van der Waals surface area contributed by atoms with Crippen molar-refractivity contribution in [2.75, 3.05) is 18.5 Å². The summed E-state index contributed by atoms with van der Waals surface area (Å²) < 4.78 is 11.3. The Balaban J connectivity index is 1.50. The van der Waals surface area contributed by atoms with E-state index in [1.54, 1.807) is 0 Å². The van der Waals surface area contributed by atoms with E-state index in [0.29, 0.717) is 31.9 Å². The summed E-state index contributed by atoms with van der Waals surface area (Å²) in [6.07, 6.45) is 5.13. The number of aromatic nitrogens is 2. The maximum absolute atomic E-state index is 12.1. The summed E-state index contributed by atoms with van der Waals surface area (Å²) in [7, 11) is 0. The number of hydrogen-bond acceptors (Lipinski definition) is 4. The molecule has 3 rings (SSSR count). The number of benzene rings is 1. The molecule has 6 heteroatoms. The highest BCUT2D eigenvalue weighted by Crippen LogP contribution is 2.30. The maximum Gasteiger partial charge on any atom is 0.225 e. The average Bonchev–Trinajstić information content (AvgIpc) is 2.92. The molecule has 25 heavy (non-hydrogen) atoms. The van der Waals surface area contributed by atoms with Gasteiger partial charge in [0.05, 0.1) is 13.2 Å². The number of carbonyl (C=O) groups is 1. The molecule has 1 aromatic heterocycles. The second-order valence-electron chi connectivity index (χ2n) is 6.26. The Kier molecular flexibility index (Phi) is 5.93. The number of aromatic amines is 1. The molecule has 0 bridgehead atoms. The molecule has 2 N–H and O–H groups in total. The number of rotatable bonds is 7. The number of nitrogens with one attached hydrogen (secondary N) is 2. The molecule has 1 aliphatic rings. The number of anilines is 1. The van der Waals surface area contributed by atoms with Gasteiger partial charge in [-0.25, -0.2) is 0 Å². The summed E-state index contributed by atoms with van der Waals surface area (Å²) in [5, 5.41) is 9.95. The molecule has 0 saturated carbocycles. The van der Waals surface area contributed by atoms with Crippen molar-refractivity contribution < 1.29 is 14.3 Å². The highest BCUT2D eigenvalue weighted by atomic mass is 16.5. The van der Waals surface area contributed by atoms with Crippen LogP contribution < -0.4 is 14.8 Å². The number of aryl methyl sites for hydroxylation is 2. The van der Waals surface area contributed by atoms with Crippen LogP contribution in [0.5, 0.6) is 11.5 Å². The second kappa shape index (κ2) is 8.55. The van der Waals surface area contributed by atoms with Crippen molar-refractivity contribution in [3.63, 3.8) is 0 Å². The molecule has 0 atom stereocenters. The number of nitrogens with zero attached hydrogens (tertiary/aromatic N) is 1. The van der Waals surface area contributed by atoms with Crippen molar-refractivity contribution in [3.8, 4) is 11.5 Å². The Labute approximate surface area is 147 Å². The Morgan fingerprint density at radius 2 is 2.04 bits per heavy atom. The van der Waals surface area contributed by atoms with E-state index in [1.807, 2.05) is 24.3 Å². The highest BCUT2D eigenvalue weighted by Gasteiger charge is 2.12. The number of amides is 1. The van der Waals surface area contributed by atoms with Crippen molar-refractivity contribution >= 4 is 11.7 Å². The van der Waals surface area contributed by atoms with E-state index in [2.05, 4.69) is 22.4 Å². The summed E-state index contributed by atoms with van der Waals surface area (Å²) >= 11 is 0. The van der Waals surface area contributed by atoms with Gasteiger partial charge in [-0.1, -0.05) is 19.4 Å². The summed E-state index contributed by atoms with van der Waals surface area (Å²) in [6.45, 7) is 3.49. The molecule has 0 aliphatic carbocycles. The molecule has 0 unspecified atom stereocenters. The molecule has 134 valence electrons. The van der Waals surface area contributed by atoms with Gasteiger partial charge >= 0.3 is 0 Å². The fraction of sp³-hybridized carbons (Fsp3) is 0.474. The predicted octanol–water partition coefficient (Wildman–Crippen LogP) is 3.48. The number of unbranched alkanes of at least 4 members (excludes halogenated alkanes) is 1. The van der Waals surface area contributed by atoms with Crippen LogP contribution in [0.1, 0.15) is 43.9 Å². The van der Waals surface area contributed by atoms with Crippen LogP contribution in [0.4, 0.5) is 5.82 Å². The van der Waals surface area contributed by atoms with Gasteiger partial charge in [-0.15, -0.1) is 0 Å². The molecule has 2 heterocycles. The first-order chi connectivity index (χ1) is 12.2. The van der Waals surface area contributed by atoms with E-state index < -0.39 is 0 Å². The smallest absolute Gasteiger partial charge is 0.225 e.